The van der Waals surface area contributed by atoms with Gasteiger partial charge < -0.3 is 20.0 Å². The highest BCUT2D eigenvalue weighted by molar-refractivity contribution is 5.81. The van der Waals surface area contributed by atoms with Gasteiger partial charge in [0.2, 0.25) is 5.91 Å². The van der Waals surface area contributed by atoms with Gasteiger partial charge in [-0.2, -0.15) is 5.10 Å². The quantitative estimate of drug-likeness (QED) is 0.517. The third kappa shape index (κ3) is 4.53. The van der Waals surface area contributed by atoms with Crippen molar-refractivity contribution in [2.24, 2.45) is 11.3 Å². The maximum absolute atomic E-state index is 13.3. The fourth-order valence-electron chi connectivity index (χ4n) is 6.85. The maximum atomic E-state index is 13.3. The Morgan fingerprint density at radius 3 is 2.28 bits per heavy atom. The number of hydrogen-bond acceptors (Lipinski definition) is 7. The van der Waals surface area contributed by atoms with E-state index >= 15 is 0 Å². The van der Waals surface area contributed by atoms with Gasteiger partial charge in [0, 0.05) is 37.8 Å². The van der Waals surface area contributed by atoms with Crippen molar-refractivity contribution in [3.63, 3.8) is 0 Å². The van der Waals surface area contributed by atoms with E-state index in [-0.39, 0.29) is 30.0 Å². The van der Waals surface area contributed by atoms with Crippen LogP contribution in [0.1, 0.15) is 51.4 Å². The standard InChI is InChI=1S/C29H36N6O4/c36-23-15-28(16-23)7-11-32(12-8-28)21-3-5-22(6-4-21)35-25-24(17-31-35)27(38)34(19-30-25)18-29(39)9-13-33(14-10-29)26(37)20-1-2-20/h3-6,17,19-20,23,36,39H,1-2,7-16,18H2. The molecule has 1 amide bonds. The van der Waals surface area contributed by atoms with Crippen molar-refractivity contribution < 1.29 is 15.0 Å². The molecule has 2 aliphatic heterocycles. The minimum atomic E-state index is -1.04. The Morgan fingerprint density at radius 1 is 0.974 bits per heavy atom. The molecule has 0 radical (unpaired) electrons. The summed E-state index contributed by atoms with van der Waals surface area (Å²) < 4.78 is 3.16. The molecule has 4 aliphatic rings. The molecular weight excluding hydrogens is 496 g/mol. The lowest BCUT2D eigenvalue weighted by Crippen LogP contribution is -2.50. The Labute approximate surface area is 226 Å². The molecule has 10 nitrogen and oxygen atoms in total. The minimum absolute atomic E-state index is 0.107. The molecule has 0 atom stereocenters. The van der Waals surface area contributed by atoms with Crippen LogP contribution in [0.3, 0.4) is 0 Å². The second-order valence-corrected chi connectivity index (χ2v) is 12.4. The summed E-state index contributed by atoms with van der Waals surface area (Å²) >= 11 is 0. The number of carbonyl (C=O) groups is 1. The van der Waals surface area contributed by atoms with Crippen molar-refractivity contribution in [1.82, 2.24) is 24.2 Å². The van der Waals surface area contributed by atoms with E-state index in [2.05, 4.69) is 27.1 Å². The number of nitrogens with zero attached hydrogens (tertiary/aromatic N) is 6. The van der Waals surface area contributed by atoms with Crippen LogP contribution in [0.2, 0.25) is 0 Å². The van der Waals surface area contributed by atoms with Crippen molar-refractivity contribution in [1.29, 1.82) is 0 Å². The number of benzene rings is 1. The summed E-state index contributed by atoms with van der Waals surface area (Å²) in [5, 5.41) is 25.8. The summed E-state index contributed by atoms with van der Waals surface area (Å²) in [6.07, 6.45) is 9.92. The van der Waals surface area contributed by atoms with Crippen molar-refractivity contribution in [2.45, 2.75) is 69.6 Å². The Bertz CT molecular complexity index is 1430. The van der Waals surface area contributed by atoms with E-state index in [4.69, 9.17) is 0 Å². The van der Waals surface area contributed by atoms with Gasteiger partial charge in [-0.25, -0.2) is 9.67 Å². The molecule has 2 aromatic heterocycles. The van der Waals surface area contributed by atoms with Crippen LogP contribution in [-0.2, 0) is 11.3 Å². The van der Waals surface area contributed by atoms with Crippen LogP contribution in [0.15, 0.2) is 41.6 Å². The zero-order valence-electron chi connectivity index (χ0n) is 22.2. The summed E-state index contributed by atoms with van der Waals surface area (Å²) in [5.74, 6) is 0.384. The highest BCUT2D eigenvalue weighted by Gasteiger charge is 2.45. The first-order valence-electron chi connectivity index (χ1n) is 14.3. The van der Waals surface area contributed by atoms with Crippen molar-refractivity contribution in [2.75, 3.05) is 31.1 Å². The van der Waals surface area contributed by atoms with E-state index in [1.165, 1.54) is 16.6 Å². The number of rotatable bonds is 5. The molecule has 0 bridgehead atoms. The molecule has 1 spiro atoms. The number of aromatic nitrogens is 4. The summed E-state index contributed by atoms with van der Waals surface area (Å²) in [6.45, 7) is 3.19. The molecule has 2 N–H and O–H groups in total. The molecular formula is C29H36N6O4. The van der Waals surface area contributed by atoms with Crippen molar-refractivity contribution in [3.05, 3.63) is 47.1 Å². The van der Waals surface area contributed by atoms with E-state index in [1.54, 1.807) is 10.9 Å². The zero-order chi connectivity index (χ0) is 26.8. The first-order chi connectivity index (χ1) is 18.8. The third-order valence-electron chi connectivity index (χ3n) is 9.57. The van der Waals surface area contributed by atoms with Crippen LogP contribution in [0.5, 0.6) is 0 Å². The van der Waals surface area contributed by atoms with Crippen molar-refractivity contribution >= 4 is 22.6 Å². The summed E-state index contributed by atoms with van der Waals surface area (Å²) in [7, 11) is 0. The Kier molecular flexibility index (Phi) is 5.82. The lowest BCUT2D eigenvalue weighted by molar-refractivity contribution is -0.137. The van der Waals surface area contributed by atoms with Gasteiger partial charge in [-0.15, -0.1) is 0 Å². The zero-order valence-corrected chi connectivity index (χ0v) is 22.2. The predicted molar refractivity (Wildman–Crippen MR) is 146 cm³/mol. The Morgan fingerprint density at radius 2 is 1.64 bits per heavy atom. The SMILES string of the molecule is O=C(C1CC1)N1CCC(O)(Cn2cnc3c(cnn3-c3ccc(N4CCC5(CC4)CC(O)C5)cc3)c2=O)CC1. The average molecular weight is 533 g/mol. The molecule has 2 saturated carbocycles. The Balaban J connectivity index is 1.04. The van der Waals surface area contributed by atoms with Crippen LogP contribution in [0.25, 0.3) is 16.7 Å². The lowest BCUT2D eigenvalue weighted by Gasteiger charge is -2.51. The predicted octanol–water partition coefficient (Wildman–Crippen LogP) is 2.09. The first kappa shape index (κ1) is 24.8. The van der Waals surface area contributed by atoms with Crippen molar-refractivity contribution in [3.8, 4) is 5.69 Å². The number of aliphatic hydroxyl groups excluding tert-OH is 1. The number of fused-ring (bicyclic) bond motifs is 1. The fraction of sp³-hybridized carbons (Fsp3) is 0.586. The maximum Gasteiger partial charge on any atom is 0.264 e. The molecule has 7 rings (SSSR count). The van der Waals surface area contributed by atoms with E-state index in [1.807, 2.05) is 17.0 Å². The lowest BCUT2D eigenvalue weighted by atomic mass is 9.61. The van der Waals surface area contributed by atoms with Gasteiger partial charge in [0.05, 0.1) is 30.1 Å². The number of carbonyl (C=O) groups excluding carboxylic acids is 1. The summed E-state index contributed by atoms with van der Waals surface area (Å²) in [4.78, 5) is 34.5. The normalized spacial score (nSPS) is 22.8. The molecule has 3 aromatic rings. The van der Waals surface area contributed by atoms with Gasteiger partial charge in [-0.3, -0.25) is 14.2 Å². The number of anilines is 1. The van der Waals surface area contributed by atoms with Gasteiger partial charge in [0.25, 0.3) is 5.56 Å². The van der Waals surface area contributed by atoms with E-state index < -0.39 is 5.60 Å². The van der Waals surface area contributed by atoms with E-state index in [0.29, 0.717) is 42.4 Å². The molecule has 39 heavy (non-hydrogen) atoms. The van der Waals surface area contributed by atoms with Crippen LogP contribution >= 0.6 is 0 Å². The van der Waals surface area contributed by atoms with Crippen LogP contribution in [0, 0.1) is 11.3 Å². The average Bonchev–Trinajstić information content (AvgIpc) is 3.69. The topological polar surface area (TPSA) is 117 Å². The smallest absolute Gasteiger partial charge is 0.264 e. The van der Waals surface area contributed by atoms with Gasteiger partial charge in [0.1, 0.15) is 11.7 Å². The molecule has 10 heteroatoms. The number of amides is 1. The molecule has 0 unspecified atom stereocenters. The van der Waals surface area contributed by atoms with E-state index in [9.17, 15) is 19.8 Å². The van der Waals surface area contributed by atoms with Gasteiger partial charge >= 0.3 is 0 Å². The fourth-order valence-corrected chi connectivity index (χ4v) is 6.85. The summed E-state index contributed by atoms with van der Waals surface area (Å²) in [6, 6.07) is 8.19. The number of piperidine rings is 2. The highest BCUT2D eigenvalue weighted by Crippen LogP contribution is 2.49. The van der Waals surface area contributed by atoms with Crippen LogP contribution in [-0.4, -0.2) is 78.2 Å². The number of aliphatic hydroxyl groups is 2. The second kappa shape index (κ2) is 9.16. The monoisotopic (exact) mass is 532 g/mol. The number of hydrogen-bond donors (Lipinski definition) is 2. The van der Waals surface area contributed by atoms with Gasteiger partial charge in [0.15, 0.2) is 5.65 Å². The Hall–Kier alpha value is -3.24. The van der Waals surface area contributed by atoms with Gasteiger partial charge in [-0.1, -0.05) is 0 Å². The first-order valence-corrected chi connectivity index (χ1v) is 14.3. The molecule has 4 fully saturated rings. The molecule has 1 aromatic carbocycles. The summed E-state index contributed by atoms with van der Waals surface area (Å²) in [5.41, 5.74) is 1.57. The van der Waals surface area contributed by atoms with Gasteiger partial charge in [-0.05, 0) is 81.0 Å². The molecule has 206 valence electrons. The largest absolute Gasteiger partial charge is 0.393 e. The molecule has 2 saturated heterocycles. The minimum Gasteiger partial charge on any atom is -0.393 e. The molecule has 2 aliphatic carbocycles. The third-order valence-corrected chi connectivity index (χ3v) is 9.57. The van der Waals surface area contributed by atoms with Crippen LogP contribution in [0.4, 0.5) is 5.69 Å². The number of likely N-dealkylation sites (tertiary alicyclic amines) is 1. The van der Waals surface area contributed by atoms with E-state index in [0.717, 1.165) is 57.3 Å². The second-order valence-electron chi connectivity index (χ2n) is 12.4. The van der Waals surface area contributed by atoms with Crippen LogP contribution < -0.4 is 10.5 Å². The highest BCUT2D eigenvalue weighted by atomic mass is 16.3. The molecule has 4 heterocycles.